The van der Waals surface area contributed by atoms with Crippen LogP contribution < -0.4 is 5.32 Å². The summed E-state index contributed by atoms with van der Waals surface area (Å²) in [6, 6.07) is 4.34. The zero-order chi connectivity index (χ0) is 14.0. The van der Waals surface area contributed by atoms with E-state index in [4.69, 9.17) is 5.11 Å². The van der Waals surface area contributed by atoms with E-state index in [2.05, 4.69) is 21.2 Å². The van der Waals surface area contributed by atoms with Gasteiger partial charge in [-0.15, -0.1) is 0 Å². The minimum Gasteiger partial charge on any atom is -0.393 e. The molecule has 1 saturated carbocycles. The molecule has 0 bridgehead atoms. The predicted octanol–water partition coefficient (Wildman–Crippen LogP) is 1.86. The molecule has 0 unspecified atom stereocenters. The summed E-state index contributed by atoms with van der Waals surface area (Å²) >= 11 is 3.09. The van der Waals surface area contributed by atoms with Crippen molar-refractivity contribution in [3.8, 4) is 0 Å². The van der Waals surface area contributed by atoms with Gasteiger partial charge in [-0.1, -0.05) is 6.07 Å². The molecule has 7 heteroatoms. The van der Waals surface area contributed by atoms with E-state index in [1.807, 2.05) is 0 Å². The van der Waals surface area contributed by atoms with Gasteiger partial charge in [0.1, 0.15) is 4.47 Å². The van der Waals surface area contributed by atoms with Crippen LogP contribution in [0.3, 0.4) is 0 Å². The van der Waals surface area contributed by atoms with Crippen molar-refractivity contribution in [2.45, 2.75) is 18.9 Å². The van der Waals surface area contributed by atoms with Crippen molar-refractivity contribution < 1.29 is 14.8 Å². The van der Waals surface area contributed by atoms with Crippen molar-refractivity contribution >= 4 is 27.5 Å². The van der Waals surface area contributed by atoms with E-state index in [0.717, 1.165) is 0 Å². The quantitative estimate of drug-likeness (QED) is 0.651. The number of nitrogens with one attached hydrogen (secondary N) is 1. The van der Waals surface area contributed by atoms with Gasteiger partial charge in [-0.25, -0.2) is 0 Å². The van der Waals surface area contributed by atoms with Crippen molar-refractivity contribution in [3.05, 3.63) is 38.3 Å². The molecule has 0 spiro atoms. The summed E-state index contributed by atoms with van der Waals surface area (Å²) in [5, 5.41) is 22.6. The molecule has 0 atom stereocenters. The highest BCUT2D eigenvalue weighted by Crippen LogP contribution is 2.29. The van der Waals surface area contributed by atoms with Crippen LogP contribution in [0.2, 0.25) is 0 Å². The molecule has 1 fully saturated rings. The number of hydrogen-bond acceptors (Lipinski definition) is 4. The van der Waals surface area contributed by atoms with E-state index in [-0.39, 0.29) is 33.7 Å². The van der Waals surface area contributed by atoms with Gasteiger partial charge in [0, 0.05) is 12.6 Å². The van der Waals surface area contributed by atoms with Crippen LogP contribution in [-0.4, -0.2) is 28.6 Å². The summed E-state index contributed by atoms with van der Waals surface area (Å²) in [5.74, 6) is -0.0617. The highest BCUT2D eigenvalue weighted by atomic mass is 79.9. The fraction of sp³-hybridized carbons (Fsp3) is 0.417. The standard InChI is InChI=1S/C12H13BrN2O4/c13-11-9(2-1-3-10(11)15(18)19)12(17)14-6-7-4-8(16)5-7/h1-3,7-8,16H,4-6H2,(H,14,17). The Balaban J connectivity index is 2.02. The van der Waals surface area contributed by atoms with Gasteiger partial charge in [-0.2, -0.15) is 0 Å². The van der Waals surface area contributed by atoms with Crippen molar-refractivity contribution in [1.82, 2.24) is 5.32 Å². The Morgan fingerprint density at radius 2 is 2.21 bits per heavy atom. The summed E-state index contributed by atoms with van der Waals surface area (Å²) in [4.78, 5) is 22.2. The topological polar surface area (TPSA) is 92.5 Å². The first-order valence-corrected chi connectivity index (χ1v) is 6.67. The van der Waals surface area contributed by atoms with E-state index in [9.17, 15) is 14.9 Å². The molecule has 1 aromatic carbocycles. The molecular weight excluding hydrogens is 316 g/mol. The number of nitro groups is 1. The van der Waals surface area contributed by atoms with E-state index in [0.29, 0.717) is 19.4 Å². The number of amides is 1. The van der Waals surface area contributed by atoms with Gasteiger partial charge >= 0.3 is 0 Å². The first-order chi connectivity index (χ1) is 8.99. The molecule has 2 rings (SSSR count). The monoisotopic (exact) mass is 328 g/mol. The first-order valence-electron chi connectivity index (χ1n) is 5.88. The Labute approximate surface area is 118 Å². The molecule has 0 heterocycles. The Hall–Kier alpha value is -1.47. The molecule has 0 radical (unpaired) electrons. The maximum Gasteiger partial charge on any atom is 0.284 e. The number of carbonyl (C=O) groups excluding carboxylic acids is 1. The molecule has 0 aliphatic heterocycles. The number of aliphatic hydroxyl groups is 1. The number of hydrogen-bond donors (Lipinski definition) is 2. The third-order valence-electron chi connectivity index (χ3n) is 3.18. The number of rotatable bonds is 4. The van der Waals surface area contributed by atoms with Crippen molar-refractivity contribution in [3.63, 3.8) is 0 Å². The van der Waals surface area contributed by atoms with Crippen LogP contribution >= 0.6 is 15.9 Å². The third kappa shape index (κ3) is 3.10. The lowest BCUT2D eigenvalue weighted by Crippen LogP contribution is -2.38. The summed E-state index contributed by atoms with van der Waals surface area (Å²) < 4.78 is 0.186. The number of halogens is 1. The lowest BCUT2D eigenvalue weighted by Gasteiger charge is -2.31. The molecule has 19 heavy (non-hydrogen) atoms. The molecule has 1 aliphatic carbocycles. The van der Waals surface area contributed by atoms with Gasteiger partial charge in [-0.3, -0.25) is 14.9 Å². The Morgan fingerprint density at radius 3 is 2.79 bits per heavy atom. The lowest BCUT2D eigenvalue weighted by molar-refractivity contribution is -0.385. The Morgan fingerprint density at radius 1 is 1.53 bits per heavy atom. The average molecular weight is 329 g/mol. The molecule has 1 aromatic rings. The second-order valence-corrected chi connectivity index (χ2v) is 5.39. The molecule has 1 aliphatic rings. The second-order valence-electron chi connectivity index (χ2n) is 4.60. The van der Waals surface area contributed by atoms with E-state index in [1.165, 1.54) is 18.2 Å². The number of carbonyl (C=O) groups is 1. The maximum absolute atomic E-state index is 11.9. The molecule has 2 N–H and O–H groups in total. The zero-order valence-corrected chi connectivity index (χ0v) is 11.6. The maximum atomic E-state index is 11.9. The molecule has 102 valence electrons. The molecule has 1 amide bonds. The van der Waals surface area contributed by atoms with Gasteiger partial charge in [0.25, 0.3) is 11.6 Å². The minimum absolute atomic E-state index is 0.133. The van der Waals surface area contributed by atoms with Crippen molar-refractivity contribution in [1.29, 1.82) is 0 Å². The molecular formula is C12H13BrN2O4. The van der Waals surface area contributed by atoms with Crippen LogP contribution in [0.5, 0.6) is 0 Å². The number of nitro benzene ring substituents is 1. The first kappa shape index (κ1) is 14.0. The van der Waals surface area contributed by atoms with E-state index < -0.39 is 4.92 Å². The highest BCUT2D eigenvalue weighted by molar-refractivity contribution is 9.10. The van der Waals surface area contributed by atoms with Crippen LogP contribution in [0.1, 0.15) is 23.2 Å². The van der Waals surface area contributed by atoms with Crippen molar-refractivity contribution in [2.75, 3.05) is 6.54 Å². The summed E-state index contributed by atoms with van der Waals surface area (Å²) in [7, 11) is 0. The molecule has 0 saturated heterocycles. The smallest absolute Gasteiger partial charge is 0.284 e. The normalized spacial score (nSPS) is 21.6. The van der Waals surface area contributed by atoms with Gasteiger partial charge in [0.05, 0.1) is 16.6 Å². The highest BCUT2D eigenvalue weighted by Gasteiger charge is 2.28. The number of aliphatic hydroxyl groups excluding tert-OH is 1. The summed E-state index contributed by atoms with van der Waals surface area (Å²) in [6.07, 6.45) is 1.12. The third-order valence-corrected chi connectivity index (χ3v) is 4.02. The van der Waals surface area contributed by atoms with Crippen molar-refractivity contribution in [2.24, 2.45) is 5.92 Å². The second kappa shape index (κ2) is 5.66. The average Bonchev–Trinajstić information content (AvgIpc) is 2.32. The number of nitrogens with zero attached hydrogens (tertiary/aromatic N) is 1. The van der Waals surface area contributed by atoms with E-state index in [1.54, 1.807) is 0 Å². The van der Waals surface area contributed by atoms with Crippen LogP contribution in [0.25, 0.3) is 0 Å². The minimum atomic E-state index is -0.539. The Bertz CT molecular complexity index is 514. The summed E-state index contributed by atoms with van der Waals surface area (Å²) in [5.41, 5.74) is 0.112. The zero-order valence-electron chi connectivity index (χ0n) is 10.0. The van der Waals surface area contributed by atoms with Crippen LogP contribution in [-0.2, 0) is 0 Å². The fourth-order valence-electron chi connectivity index (χ4n) is 2.04. The lowest BCUT2D eigenvalue weighted by atomic mass is 9.82. The van der Waals surface area contributed by atoms with Gasteiger partial charge in [0.2, 0.25) is 0 Å². The van der Waals surface area contributed by atoms with Crippen LogP contribution in [0.15, 0.2) is 22.7 Å². The number of benzene rings is 1. The van der Waals surface area contributed by atoms with Gasteiger partial charge < -0.3 is 10.4 Å². The fourth-order valence-corrected chi connectivity index (χ4v) is 2.62. The van der Waals surface area contributed by atoms with Crippen LogP contribution in [0.4, 0.5) is 5.69 Å². The SMILES string of the molecule is O=C(NCC1CC(O)C1)c1cccc([N+](=O)[O-])c1Br. The van der Waals surface area contributed by atoms with Crippen LogP contribution in [0, 0.1) is 16.0 Å². The van der Waals surface area contributed by atoms with Gasteiger partial charge in [0.15, 0.2) is 0 Å². The summed E-state index contributed by atoms with van der Waals surface area (Å²) in [6.45, 7) is 0.477. The molecule has 0 aromatic heterocycles. The largest absolute Gasteiger partial charge is 0.393 e. The predicted molar refractivity (Wildman–Crippen MR) is 71.9 cm³/mol. The molecule has 6 nitrogen and oxygen atoms in total. The Kier molecular flexibility index (Phi) is 4.16. The van der Waals surface area contributed by atoms with E-state index >= 15 is 0 Å². The van der Waals surface area contributed by atoms with Gasteiger partial charge in [-0.05, 0) is 40.8 Å².